The van der Waals surface area contributed by atoms with Crippen LogP contribution in [0.1, 0.15) is 55.0 Å². The summed E-state index contributed by atoms with van der Waals surface area (Å²) in [7, 11) is 0. The summed E-state index contributed by atoms with van der Waals surface area (Å²) in [4.78, 5) is 33.1. The number of hydrogen-bond acceptors (Lipinski definition) is 6. The van der Waals surface area contributed by atoms with Crippen molar-refractivity contribution in [2.45, 2.75) is 32.7 Å². The third kappa shape index (κ3) is 5.89. The summed E-state index contributed by atoms with van der Waals surface area (Å²) in [5.41, 5.74) is 4.12. The van der Waals surface area contributed by atoms with Gasteiger partial charge in [-0.15, -0.1) is 6.42 Å². The Morgan fingerprint density at radius 3 is 2.52 bits per heavy atom. The molecule has 1 atom stereocenters. The lowest BCUT2D eigenvalue weighted by atomic mass is 9.91. The zero-order valence-electron chi connectivity index (χ0n) is 23.5. The topological polar surface area (TPSA) is 69.9 Å². The molecule has 4 aromatic rings. The van der Waals surface area contributed by atoms with Gasteiger partial charge in [0, 0.05) is 5.56 Å². The number of esters is 1. The molecule has 0 radical (unpaired) electrons. The SMILES string of the molecule is C#CCOc1ccc(/C=c2\sc3n(c2=O)[C@H](c2ccc(C(C)C)cc2)C(C(=O)OCC)=C(c2ccccc2)N=3)cc1Br. The number of halogens is 1. The Labute approximate surface area is 256 Å². The van der Waals surface area contributed by atoms with Crippen LogP contribution < -0.4 is 19.6 Å². The monoisotopic (exact) mass is 640 g/mol. The van der Waals surface area contributed by atoms with Gasteiger partial charge in [-0.3, -0.25) is 9.36 Å². The summed E-state index contributed by atoms with van der Waals surface area (Å²) >= 11 is 4.81. The van der Waals surface area contributed by atoms with Gasteiger partial charge in [-0.05, 0) is 63.7 Å². The molecule has 5 rings (SSSR count). The number of aromatic nitrogens is 1. The normalized spacial score (nSPS) is 14.8. The average Bonchev–Trinajstić information content (AvgIpc) is 3.30. The molecule has 8 heteroatoms. The van der Waals surface area contributed by atoms with Crippen molar-refractivity contribution in [2.24, 2.45) is 4.99 Å². The predicted molar refractivity (Wildman–Crippen MR) is 170 cm³/mol. The Morgan fingerprint density at radius 2 is 1.88 bits per heavy atom. The second kappa shape index (κ2) is 12.8. The molecule has 1 aliphatic heterocycles. The van der Waals surface area contributed by atoms with E-state index in [1.54, 1.807) is 17.6 Å². The van der Waals surface area contributed by atoms with Gasteiger partial charge < -0.3 is 9.47 Å². The summed E-state index contributed by atoms with van der Waals surface area (Å²) in [5.74, 6) is 2.90. The zero-order valence-corrected chi connectivity index (χ0v) is 25.9. The first-order chi connectivity index (χ1) is 20.3. The van der Waals surface area contributed by atoms with E-state index in [-0.39, 0.29) is 18.8 Å². The molecule has 212 valence electrons. The van der Waals surface area contributed by atoms with E-state index in [2.05, 4.69) is 35.7 Å². The average molecular weight is 642 g/mol. The molecule has 0 saturated heterocycles. The van der Waals surface area contributed by atoms with Crippen LogP contribution in [0.5, 0.6) is 5.75 Å². The predicted octanol–water partition coefficient (Wildman–Crippen LogP) is 5.83. The van der Waals surface area contributed by atoms with Crippen molar-refractivity contribution in [3.63, 3.8) is 0 Å². The highest BCUT2D eigenvalue weighted by Crippen LogP contribution is 2.35. The fourth-order valence-electron chi connectivity index (χ4n) is 4.81. The minimum absolute atomic E-state index is 0.154. The molecule has 0 bridgehead atoms. The van der Waals surface area contributed by atoms with Gasteiger partial charge in [0.25, 0.3) is 5.56 Å². The summed E-state index contributed by atoms with van der Waals surface area (Å²) in [5, 5.41) is 0. The Morgan fingerprint density at radius 1 is 1.14 bits per heavy atom. The Hall–Kier alpha value is -4.19. The fourth-order valence-corrected chi connectivity index (χ4v) is 6.33. The summed E-state index contributed by atoms with van der Waals surface area (Å²) in [6.45, 7) is 6.37. The summed E-state index contributed by atoms with van der Waals surface area (Å²) in [6, 6.07) is 22.4. The standard InChI is InChI=1S/C34H29BrN2O4S/c1-5-18-41-27-17-12-22(19-26(27)35)20-28-32(38)37-31(25-15-13-23(14-16-25)21(3)4)29(33(39)40-6-2)30(36-34(37)42-28)24-10-8-7-9-11-24/h1,7-17,19-21,31H,6,18H2,2-4H3/b28-20-/t31-/m1/s1. The van der Waals surface area contributed by atoms with Crippen LogP contribution in [-0.2, 0) is 9.53 Å². The van der Waals surface area contributed by atoms with Crippen molar-refractivity contribution in [1.29, 1.82) is 0 Å². The van der Waals surface area contributed by atoms with Crippen LogP contribution in [0.15, 0.2) is 92.6 Å². The quantitative estimate of drug-likeness (QED) is 0.179. The molecular formula is C34H29BrN2O4S. The smallest absolute Gasteiger partial charge is 0.338 e. The summed E-state index contributed by atoms with van der Waals surface area (Å²) in [6.07, 6.45) is 7.13. The van der Waals surface area contributed by atoms with Gasteiger partial charge in [-0.1, -0.05) is 91.8 Å². The molecule has 6 nitrogen and oxygen atoms in total. The molecule has 2 heterocycles. The number of fused-ring (bicyclic) bond motifs is 1. The second-order valence-electron chi connectivity index (χ2n) is 9.94. The van der Waals surface area contributed by atoms with E-state index < -0.39 is 12.0 Å². The van der Waals surface area contributed by atoms with E-state index in [9.17, 15) is 9.59 Å². The molecule has 1 aromatic heterocycles. The number of carbonyl (C=O) groups is 1. The molecule has 1 aliphatic rings. The molecular weight excluding hydrogens is 612 g/mol. The first-order valence-electron chi connectivity index (χ1n) is 13.6. The first-order valence-corrected chi connectivity index (χ1v) is 15.2. The van der Waals surface area contributed by atoms with Crippen LogP contribution in [0, 0.1) is 12.3 Å². The van der Waals surface area contributed by atoms with Gasteiger partial charge in [0.05, 0.1) is 32.9 Å². The van der Waals surface area contributed by atoms with Gasteiger partial charge in [-0.2, -0.15) is 0 Å². The lowest BCUT2D eigenvalue weighted by molar-refractivity contribution is -0.138. The highest BCUT2D eigenvalue weighted by Gasteiger charge is 2.35. The number of terminal acetylenes is 1. The summed E-state index contributed by atoms with van der Waals surface area (Å²) < 4.78 is 13.9. The molecule has 0 saturated carbocycles. The molecule has 0 spiro atoms. The molecule has 0 N–H and O–H groups in total. The van der Waals surface area contributed by atoms with Crippen molar-refractivity contribution in [2.75, 3.05) is 13.2 Å². The van der Waals surface area contributed by atoms with Gasteiger partial charge in [0.15, 0.2) is 4.80 Å². The molecule has 0 unspecified atom stereocenters. The van der Waals surface area contributed by atoms with Crippen molar-refractivity contribution in [1.82, 2.24) is 4.57 Å². The molecule has 42 heavy (non-hydrogen) atoms. The number of hydrogen-bond donors (Lipinski definition) is 0. The van der Waals surface area contributed by atoms with Crippen LogP contribution in [0.3, 0.4) is 0 Å². The highest BCUT2D eigenvalue weighted by atomic mass is 79.9. The number of ether oxygens (including phenoxy) is 2. The lowest BCUT2D eigenvalue weighted by Gasteiger charge is -2.26. The van der Waals surface area contributed by atoms with Crippen LogP contribution in [0.2, 0.25) is 0 Å². The maximum Gasteiger partial charge on any atom is 0.338 e. The van der Waals surface area contributed by atoms with Crippen molar-refractivity contribution in [3.8, 4) is 18.1 Å². The molecule has 3 aromatic carbocycles. The third-order valence-electron chi connectivity index (χ3n) is 6.86. The third-order valence-corrected chi connectivity index (χ3v) is 8.46. The van der Waals surface area contributed by atoms with E-state index in [0.29, 0.717) is 32.3 Å². The minimum Gasteiger partial charge on any atom is -0.480 e. The van der Waals surface area contributed by atoms with Crippen LogP contribution in [0.4, 0.5) is 0 Å². The van der Waals surface area contributed by atoms with Gasteiger partial charge in [-0.25, -0.2) is 9.79 Å². The van der Waals surface area contributed by atoms with Crippen LogP contribution >= 0.6 is 27.3 Å². The van der Waals surface area contributed by atoms with E-state index >= 15 is 0 Å². The maximum absolute atomic E-state index is 14.1. The molecule has 0 amide bonds. The number of benzene rings is 3. The van der Waals surface area contributed by atoms with Crippen molar-refractivity contribution >= 4 is 45.0 Å². The van der Waals surface area contributed by atoms with E-state index in [4.69, 9.17) is 20.9 Å². The lowest BCUT2D eigenvalue weighted by Crippen LogP contribution is -2.40. The fraction of sp³-hybridized carbons (Fsp3) is 0.206. The Bertz CT molecular complexity index is 1880. The Balaban J connectivity index is 1.75. The number of nitrogens with zero attached hydrogens (tertiary/aromatic N) is 2. The van der Waals surface area contributed by atoms with Crippen LogP contribution in [-0.4, -0.2) is 23.8 Å². The van der Waals surface area contributed by atoms with Gasteiger partial charge in [0.2, 0.25) is 0 Å². The minimum atomic E-state index is -0.717. The number of carbonyl (C=O) groups excluding carboxylic acids is 1. The first kappa shape index (κ1) is 29.3. The van der Waals surface area contributed by atoms with Gasteiger partial charge in [0.1, 0.15) is 12.4 Å². The second-order valence-corrected chi connectivity index (χ2v) is 11.8. The van der Waals surface area contributed by atoms with E-state index in [1.165, 1.54) is 11.3 Å². The molecule has 0 fully saturated rings. The molecule has 0 aliphatic carbocycles. The van der Waals surface area contributed by atoms with Gasteiger partial charge >= 0.3 is 5.97 Å². The maximum atomic E-state index is 14.1. The van der Waals surface area contributed by atoms with E-state index in [1.807, 2.05) is 72.8 Å². The number of thiazole rings is 1. The highest BCUT2D eigenvalue weighted by molar-refractivity contribution is 9.10. The van der Waals surface area contributed by atoms with Crippen molar-refractivity contribution < 1.29 is 14.3 Å². The van der Waals surface area contributed by atoms with Crippen LogP contribution in [0.25, 0.3) is 11.8 Å². The number of rotatable bonds is 8. The Kier molecular flexibility index (Phi) is 8.91. The van der Waals surface area contributed by atoms with E-state index in [0.717, 1.165) is 26.7 Å². The zero-order chi connectivity index (χ0) is 29.8. The van der Waals surface area contributed by atoms with Crippen molar-refractivity contribution in [3.05, 3.63) is 125 Å². The largest absolute Gasteiger partial charge is 0.480 e.